The van der Waals surface area contributed by atoms with Crippen molar-refractivity contribution in [3.63, 3.8) is 0 Å². The van der Waals surface area contributed by atoms with Crippen LogP contribution in [-0.2, 0) is 6.42 Å². The van der Waals surface area contributed by atoms with Crippen LogP contribution in [-0.4, -0.2) is 44.1 Å². The Kier molecular flexibility index (Phi) is 7.99. The van der Waals surface area contributed by atoms with Gasteiger partial charge in [-0.05, 0) is 56.5 Å². The van der Waals surface area contributed by atoms with Crippen LogP contribution in [0, 0.1) is 21.4 Å². The number of amides is 1. The smallest absolute Gasteiger partial charge is 0.312 e. The summed E-state index contributed by atoms with van der Waals surface area (Å²) in [7, 11) is 0. The Hall–Kier alpha value is -4.75. The summed E-state index contributed by atoms with van der Waals surface area (Å²) >= 11 is 0. The van der Waals surface area contributed by atoms with Gasteiger partial charge in [-0.2, -0.15) is 5.26 Å². The number of hydrogen-bond acceptors (Lipinski definition) is 7. The first kappa shape index (κ1) is 26.3. The summed E-state index contributed by atoms with van der Waals surface area (Å²) < 4.78 is 7.24. The Bertz CT molecular complexity index is 1500. The van der Waals surface area contributed by atoms with Crippen molar-refractivity contribution in [1.82, 2.24) is 14.7 Å². The Morgan fingerprint density at radius 3 is 2.66 bits per heavy atom. The molecule has 10 heteroatoms. The van der Waals surface area contributed by atoms with E-state index in [0.717, 1.165) is 11.1 Å². The third-order valence-corrected chi connectivity index (χ3v) is 5.93. The zero-order valence-corrected chi connectivity index (χ0v) is 21.0. The van der Waals surface area contributed by atoms with Gasteiger partial charge in [-0.25, -0.2) is 4.98 Å². The Labute approximate surface area is 219 Å². The molecule has 1 amide bonds. The van der Waals surface area contributed by atoms with Gasteiger partial charge in [-0.15, -0.1) is 0 Å². The van der Waals surface area contributed by atoms with Crippen molar-refractivity contribution in [2.45, 2.75) is 38.8 Å². The first-order valence-electron chi connectivity index (χ1n) is 12.1. The van der Waals surface area contributed by atoms with Gasteiger partial charge in [-0.3, -0.25) is 14.9 Å². The summed E-state index contributed by atoms with van der Waals surface area (Å²) in [6.45, 7) is 3.61. The molecule has 0 saturated carbocycles. The number of imidazole rings is 1. The Balaban J connectivity index is 1.48. The number of nitriles is 1. The third kappa shape index (κ3) is 5.96. The van der Waals surface area contributed by atoms with Crippen LogP contribution in [0.2, 0.25) is 0 Å². The van der Waals surface area contributed by atoms with Gasteiger partial charge in [0.15, 0.2) is 0 Å². The lowest BCUT2D eigenvalue weighted by Gasteiger charge is -2.19. The number of carbonyl (C=O) groups is 1. The quantitative estimate of drug-likeness (QED) is 0.238. The van der Waals surface area contributed by atoms with Crippen LogP contribution in [0.5, 0.6) is 5.75 Å². The van der Waals surface area contributed by atoms with E-state index >= 15 is 0 Å². The topological polar surface area (TPSA) is 143 Å². The number of rotatable bonds is 10. The second-order valence-corrected chi connectivity index (χ2v) is 9.08. The van der Waals surface area contributed by atoms with Crippen molar-refractivity contribution in [1.29, 1.82) is 5.26 Å². The number of pyridine rings is 1. The van der Waals surface area contributed by atoms with Crippen molar-refractivity contribution >= 4 is 17.2 Å². The molecule has 10 nitrogen and oxygen atoms in total. The first-order chi connectivity index (χ1) is 18.3. The number of aliphatic hydroxyl groups excluding tert-OH is 1. The summed E-state index contributed by atoms with van der Waals surface area (Å²) in [6.07, 6.45) is 4.17. The molecule has 0 aliphatic carbocycles. The van der Waals surface area contributed by atoms with Crippen molar-refractivity contribution in [2.75, 3.05) is 6.61 Å². The summed E-state index contributed by atoms with van der Waals surface area (Å²) in [5, 5.41) is 33.3. The van der Waals surface area contributed by atoms with E-state index in [4.69, 9.17) is 4.74 Å². The van der Waals surface area contributed by atoms with Gasteiger partial charge in [0.25, 0.3) is 5.91 Å². The van der Waals surface area contributed by atoms with Crippen molar-refractivity contribution in [3.8, 4) is 23.1 Å². The van der Waals surface area contributed by atoms with Crippen LogP contribution in [0.15, 0.2) is 67.0 Å². The lowest BCUT2D eigenvalue weighted by molar-refractivity contribution is -0.383. The van der Waals surface area contributed by atoms with Gasteiger partial charge in [0.05, 0.1) is 22.3 Å². The zero-order valence-electron chi connectivity index (χ0n) is 21.0. The maximum Gasteiger partial charge on any atom is 0.312 e. The van der Waals surface area contributed by atoms with Gasteiger partial charge >= 0.3 is 5.69 Å². The monoisotopic (exact) mass is 513 g/mol. The highest BCUT2D eigenvalue weighted by Gasteiger charge is 2.18. The highest BCUT2D eigenvalue weighted by atomic mass is 16.6. The van der Waals surface area contributed by atoms with E-state index < -0.39 is 4.92 Å². The van der Waals surface area contributed by atoms with E-state index in [1.807, 2.05) is 38.1 Å². The standard InChI is InChI=1S/C28H27N5O5/c1-18(2)38-26-10-9-21(15-22(26)16-29)28(35)30-23(11-13-34)14-19-5-7-20(8-6-19)24-17-32-12-3-4-25(33(36)37)27(32)31-24/h3-10,12,15,17-18,23,34H,11,13-14H2,1-2H3,(H,30,35)/t23-/m1/s1. The van der Waals surface area contributed by atoms with Gasteiger partial charge in [0.1, 0.15) is 11.8 Å². The molecule has 0 saturated heterocycles. The SMILES string of the molecule is CC(C)Oc1ccc(C(=O)N[C@H](CCO)Cc2ccc(-c3cn4cccc([N+](=O)[O-])c4n3)cc2)cc1C#N. The van der Waals surface area contributed by atoms with Crippen LogP contribution in [0.4, 0.5) is 5.69 Å². The van der Waals surface area contributed by atoms with Crippen LogP contribution in [0.3, 0.4) is 0 Å². The average Bonchev–Trinajstić information content (AvgIpc) is 3.33. The molecular formula is C28H27N5O5. The summed E-state index contributed by atoms with van der Waals surface area (Å²) in [4.78, 5) is 28.2. The minimum Gasteiger partial charge on any atom is -0.490 e. The molecule has 38 heavy (non-hydrogen) atoms. The van der Waals surface area contributed by atoms with Gasteiger partial charge in [0.2, 0.25) is 5.65 Å². The van der Waals surface area contributed by atoms with Crippen molar-refractivity contribution < 1.29 is 19.6 Å². The predicted molar refractivity (Wildman–Crippen MR) is 141 cm³/mol. The fraction of sp³-hybridized carbons (Fsp3) is 0.250. The molecule has 2 aromatic heterocycles. The summed E-state index contributed by atoms with van der Waals surface area (Å²) in [6, 6.07) is 17.0. The number of hydrogen-bond donors (Lipinski definition) is 2. The molecule has 2 heterocycles. The molecule has 2 N–H and O–H groups in total. The molecule has 0 spiro atoms. The van der Waals surface area contributed by atoms with Crippen LogP contribution < -0.4 is 10.1 Å². The molecule has 194 valence electrons. The maximum atomic E-state index is 12.9. The Morgan fingerprint density at radius 1 is 1.24 bits per heavy atom. The minimum atomic E-state index is -0.459. The number of nitrogens with zero attached hydrogens (tertiary/aromatic N) is 4. The molecule has 0 aliphatic heterocycles. The van der Waals surface area contributed by atoms with Gasteiger partial charge < -0.3 is 19.6 Å². The highest BCUT2D eigenvalue weighted by molar-refractivity contribution is 5.95. The number of aromatic nitrogens is 2. The molecule has 0 bridgehead atoms. The van der Waals surface area contributed by atoms with Gasteiger partial charge in [-0.1, -0.05) is 24.3 Å². The van der Waals surface area contributed by atoms with E-state index in [0.29, 0.717) is 29.8 Å². The van der Waals surface area contributed by atoms with Crippen LogP contribution >= 0.6 is 0 Å². The minimum absolute atomic E-state index is 0.0677. The lowest BCUT2D eigenvalue weighted by Crippen LogP contribution is -2.37. The second-order valence-electron chi connectivity index (χ2n) is 9.08. The number of carbonyl (C=O) groups excluding carboxylic acids is 1. The molecule has 2 aromatic carbocycles. The lowest BCUT2D eigenvalue weighted by atomic mass is 10.0. The molecule has 0 aliphatic rings. The number of nitro groups is 1. The Morgan fingerprint density at radius 2 is 2.00 bits per heavy atom. The van der Waals surface area contributed by atoms with E-state index in [9.17, 15) is 25.3 Å². The maximum absolute atomic E-state index is 12.9. The van der Waals surface area contributed by atoms with Crippen molar-refractivity contribution in [2.24, 2.45) is 0 Å². The first-order valence-corrected chi connectivity index (χ1v) is 12.1. The number of aliphatic hydroxyl groups is 1. The molecule has 0 unspecified atom stereocenters. The average molecular weight is 514 g/mol. The molecule has 0 radical (unpaired) electrons. The van der Waals surface area contributed by atoms with E-state index in [-0.39, 0.29) is 41.6 Å². The molecular weight excluding hydrogens is 486 g/mol. The fourth-order valence-corrected chi connectivity index (χ4v) is 4.14. The van der Waals surface area contributed by atoms with Crippen molar-refractivity contribution in [3.05, 3.63) is 93.8 Å². The largest absolute Gasteiger partial charge is 0.490 e. The number of ether oxygens (including phenoxy) is 1. The number of fused-ring (bicyclic) bond motifs is 1. The molecule has 4 rings (SSSR count). The normalized spacial score (nSPS) is 11.8. The van der Waals surface area contributed by atoms with Gasteiger partial charge in [0, 0.05) is 42.2 Å². The van der Waals surface area contributed by atoms with Crippen LogP contribution in [0.25, 0.3) is 16.9 Å². The number of nitrogens with one attached hydrogen (secondary N) is 1. The summed E-state index contributed by atoms with van der Waals surface area (Å²) in [5.41, 5.74) is 3.13. The number of benzene rings is 2. The van der Waals surface area contributed by atoms with E-state index in [1.165, 1.54) is 12.1 Å². The van der Waals surface area contributed by atoms with Crippen LogP contribution in [0.1, 0.15) is 41.8 Å². The molecule has 0 fully saturated rings. The highest BCUT2D eigenvalue weighted by Crippen LogP contribution is 2.25. The third-order valence-electron chi connectivity index (χ3n) is 5.93. The zero-order chi connectivity index (χ0) is 27.2. The molecule has 4 aromatic rings. The molecule has 1 atom stereocenters. The van der Waals surface area contributed by atoms with E-state index in [1.54, 1.807) is 35.0 Å². The summed E-state index contributed by atoms with van der Waals surface area (Å²) in [5.74, 6) is 0.0743. The predicted octanol–water partition coefficient (Wildman–Crippen LogP) is 4.29. The second kappa shape index (κ2) is 11.5. The van der Waals surface area contributed by atoms with E-state index in [2.05, 4.69) is 16.4 Å². The fourth-order valence-electron chi connectivity index (χ4n) is 4.14.